The number of carbonyl (C=O) groups excluding carboxylic acids is 1. The molecule has 21 heavy (non-hydrogen) atoms. The van der Waals surface area contributed by atoms with Crippen molar-refractivity contribution in [2.45, 2.75) is 52.0 Å². The van der Waals surface area contributed by atoms with Gasteiger partial charge in [-0.05, 0) is 30.7 Å². The Morgan fingerprint density at radius 2 is 1.86 bits per heavy atom. The maximum absolute atomic E-state index is 12.7. The van der Waals surface area contributed by atoms with Gasteiger partial charge in [-0.3, -0.25) is 4.79 Å². The van der Waals surface area contributed by atoms with Crippen molar-refractivity contribution >= 4 is 5.91 Å². The predicted molar refractivity (Wildman–Crippen MR) is 86.7 cm³/mol. The first-order valence-corrected chi connectivity index (χ1v) is 8.12. The molecule has 1 aromatic carbocycles. The number of carbonyl (C=O) groups is 1. The quantitative estimate of drug-likeness (QED) is 0.843. The highest BCUT2D eigenvalue weighted by atomic mass is 16.2. The topological polar surface area (TPSA) is 55.1 Å². The Morgan fingerprint density at radius 3 is 2.43 bits per heavy atom. The van der Waals surface area contributed by atoms with Crippen molar-refractivity contribution in [2.75, 3.05) is 6.54 Å². The maximum atomic E-state index is 12.7. The fraction of sp³-hybridized carbons (Fsp3) is 0.611. The Bertz CT molecular complexity index is 450. The van der Waals surface area contributed by atoms with Crippen LogP contribution >= 0.6 is 0 Å². The first kappa shape index (κ1) is 16.0. The van der Waals surface area contributed by atoms with Crippen LogP contribution in [0.2, 0.25) is 0 Å². The van der Waals surface area contributed by atoms with Crippen molar-refractivity contribution in [2.24, 2.45) is 17.1 Å². The summed E-state index contributed by atoms with van der Waals surface area (Å²) in [7, 11) is 0. The van der Waals surface area contributed by atoms with Gasteiger partial charge in [0.2, 0.25) is 5.91 Å². The summed E-state index contributed by atoms with van der Waals surface area (Å²) in [5, 5.41) is 3.11. The minimum atomic E-state index is -0.148. The average molecular weight is 288 g/mol. The van der Waals surface area contributed by atoms with E-state index in [4.69, 9.17) is 5.73 Å². The van der Waals surface area contributed by atoms with E-state index in [9.17, 15) is 4.79 Å². The number of nitrogens with one attached hydrogen (secondary N) is 1. The summed E-state index contributed by atoms with van der Waals surface area (Å²) in [5.41, 5.74) is 7.09. The molecule has 1 aliphatic rings. The average Bonchev–Trinajstić information content (AvgIpc) is 2.94. The van der Waals surface area contributed by atoms with E-state index in [1.807, 2.05) is 30.3 Å². The Kier molecular flexibility index (Phi) is 5.40. The third-order valence-electron chi connectivity index (χ3n) is 4.55. The molecule has 0 saturated heterocycles. The van der Waals surface area contributed by atoms with E-state index in [0.29, 0.717) is 12.5 Å². The van der Waals surface area contributed by atoms with Crippen LogP contribution in [0.1, 0.15) is 57.6 Å². The van der Waals surface area contributed by atoms with Gasteiger partial charge in [-0.1, -0.05) is 57.0 Å². The number of rotatable bonds is 6. The molecule has 116 valence electrons. The van der Waals surface area contributed by atoms with Crippen LogP contribution in [0.3, 0.4) is 0 Å². The summed E-state index contributed by atoms with van der Waals surface area (Å²) in [6.07, 6.45) is 5.38. The first-order valence-electron chi connectivity index (χ1n) is 8.12. The molecule has 1 aromatic rings. The van der Waals surface area contributed by atoms with E-state index in [1.54, 1.807) is 0 Å². The van der Waals surface area contributed by atoms with E-state index in [0.717, 1.165) is 24.8 Å². The van der Waals surface area contributed by atoms with Gasteiger partial charge >= 0.3 is 0 Å². The van der Waals surface area contributed by atoms with Crippen molar-refractivity contribution in [3.63, 3.8) is 0 Å². The van der Waals surface area contributed by atoms with Gasteiger partial charge in [-0.15, -0.1) is 0 Å². The Balaban J connectivity index is 1.93. The molecule has 1 atom stereocenters. The molecule has 3 heteroatoms. The van der Waals surface area contributed by atoms with Gasteiger partial charge in [0.15, 0.2) is 0 Å². The summed E-state index contributed by atoms with van der Waals surface area (Å²) in [4.78, 5) is 12.7. The van der Waals surface area contributed by atoms with Crippen molar-refractivity contribution in [3.8, 4) is 0 Å². The molecule has 1 fully saturated rings. The van der Waals surface area contributed by atoms with Crippen LogP contribution in [0.5, 0.6) is 0 Å². The second-order valence-electron chi connectivity index (χ2n) is 6.81. The third-order valence-corrected chi connectivity index (χ3v) is 4.55. The summed E-state index contributed by atoms with van der Waals surface area (Å²) in [6, 6.07) is 9.83. The van der Waals surface area contributed by atoms with Crippen LogP contribution in [-0.4, -0.2) is 12.5 Å². The molecule has 0 heterocycles. The van der Waals surface area contributed by atoms with Crippen molar-refractivity contribution in [1.82, 2.24) is 5.32 Å². The highest BCUT2D eigenvalue weighted by molar-refractivity contribution is 5.83. The van der Waals surface area contributed by atoms with E-state index in [2.05, 4.69) is 19.2 Å². The first-order chi connectivity index (χ1) is 10.0. The zero-order valence-corrected chi connectivity index (χ0v) is 13.3. The molecule has 2 rings (SSSR count). The molecule has 0 aliphatic heterocycles. The molecule has 0 bridgehead atoms. The molecular formula is C18H28N2O. The number of hydrogen-bond donors (Lipinski definition) is 2. The lowest BCUT2D eigenvalue weighted by molar-refractivity contribution is -0.131. The normalized spacial score (nSPS) is 18.7. The number of amides is 1. The molecule has 0 spiro atoms. The minimum absolute atomic E-state index is 0.132. The van der Waals surface area contributed by atoms with Crippen LogP contribution in [0.15, 0.2) is 30.3 Å². The lowest BCUT2D eigenvalue weighted by atomic mass is 9.77. The largest absolute Gasteiger partial charge is 0.354 e. The van der Waals surface area contributed by atoms with Gasteiger partial charge in [0, 0.05) is 18.0 Å². The zero-order valence-electron chi connectivity index (χ0n) is 13.3. The van der Waals surface area contributed by atoms with Crippen LogP contribution in [0, 0.1) is 11.3 Å². The lowest BCUT2D eigenvalue weighted by Crippen LogP contribution is -2.42. The molecule has 1 saturated carbocycles. The van der Waals surface area contributed by atoms with Crippen LogP contribution < -0.4 is 11.1 Å². The van der Waals surface area contributed by atoms with Gasteiger partial charge in [-0.2, -0.15) is 0 Å². The Hall–Kier alpha value is -1.35. The second kappa shape index (κ2) is 7.08. The standard InChI is InChI=1S/C18H28N2O/c1-14(2)12-18(10-6-7-11-18)17(21)20-13-16(19)15-8-4-3-5-9-15/h3-5,8-9,14,16H,6-7,10-13,19H2,1-2H3,(H,20,21). The highest BCUT2D eigenvalue weighted by Gasteiger charge is 2.41. The van der Waals surface area contributed by atoms with Gasteiger partial charge in [0.25, 0.3) is 0 Å². The lowest BCUT2D eigenvalue weighted by Gasteiger charge is -2.30. The molecule has 1 aliphatic carbocycles. The monoisotopic (exact) mass is 288 g/mol. The fourth-order valence-corrected chi connectivity index (χ4v) is 3.57. The summed E-state index contributed by atoms with van der Waals surface area (Å²) < 4.78 is 0. The smallest absolute Gasteiger partial charge is 0.226 e. The van der Waals surface area contributed by atoms with Crippen LogP contribution in [-0.2, 0) is 4.79 Å². The Morgan fingerprint density at radius 1 is 1.24 bits per heavy atom. The Labute approximate surface area is 128 Å². The molecule has 3 nitrogen and oxygen atoms in total. The summed E-state index contributed by atoms with van der Waals surface area (Å²) in [5.74, 6) is 0.761. The molecule has 0 radical (unpaired) electrons. The number of hydrogen-bond acceptors (Lipinski definition) is 2. The maximum Gasteiger partial charge on any atom is 0.226 e. The van der Waals surface area contributed by atoms with E-state index in [1.165, 1.54) is 12.8 Å². The number of nitrogens with two attached hydrogens (primary N) is 1. The predicted octanol–water partition coefficient (Wildman–Crippen LogP) is 3.41. The molecule has 1 amide bonds. The third kappa shape index (κ3) is 4.07. The van der Waals surface area contributed by atoms with Gasteiger partial charge in [0.05, 0.1) is 0 Å². The molecular weight excluding hydrogens is 260 g/mol. The number of benzene rings is 1. The zero-order chi connectivity index (χ0) is 15.3. The highest BCUT2D eigenvalue weighted by Crippen LogP contribution is 2.43. The summed E-state index contributed by atoms with van der Waals surface area (Å²) in [6.45, 7) is 4.91. The molecule has 1 unspecified atom stereocenters. The summed E-state index contributed by atoms with van der Waals surface area (Å²) >= 11 is 0. The van der Waals surface area contributed by atoms with E-state index >= 15 is 0 Å². The van der Waals surface area contributed by atoms with Crippen molar-refractivity contribution < 1.29 is 4.79 Å². The minimum Gasteiger partial charge on any atom is -0.354 e. The fourth-order valence-electron chi connectivity index (χ4n) is 3.57. The molecule has 3 N–H and O–H groups in total. The SMILES string of the molecule is CC(C)CC1(C(=O)NCC(N)c2ccccc2)CCCC1. The van der Waals surface area contributed by atoms with Gasteiger partial charge in [-0.25, -0.2) is 0 Å². The van der Waals surface area contributed by atoms with Gasteiger partial charge in [0.1, 0.15) is 0 Å². The van der Waals surface area contributed by atoms with E-state index in [-0.39, 0.29) is 17.4 Å². The van der Waals surface area contributed by atoms with Gasteiger partial charge < -0.3 is 11.1 Å². The van der Waals surface area contributed by atoms with E-state index < -0.39 is 0 Å². The van der Waals surface area contributed by atoms with Crippen molar-refractivity contribution in [1.29, 1.82) is 0 Å². The van der Waals surface area contributed by atoms with Crippen LogP contribution in [0.4, 0.5) is 0 Å². The molecule has 0 aromatic heterocycles. The van der Waals surface area contributed by atoms with Crippen LogP contribution in [0.25, 0.3) is 0 Å². The second-order valence-corrected chi connectivity index (χ2v) is 6.81. The van der Waals surface area contributed by atoms with Crippen molar-refractivity contribution in [3.05, 3.63) is 35.9 Å².